The zero-order chi connectivity index (χ0) is 9.68. The molecule has 3 heteroatoms. The lowest BCUT2D eigenvalue weighted by molar-refractivity contribution is 0.417. The Morgan fingerprint density at radius 2 is 2.15 bits per heavy atom. The highest BCUT2D eigenvalue weighted by Crippen LogP contribution is 2.22. The van der Waals surface area contributed by atoms with Crippen molar-refractivity contribution in [3.05, 3.63) is 23.8 Å². The van der Waals surface area contributed by atoms with E-state index in [1.54, 1.807) is 7.11 Å². The van der Waals surface area contributed by atoms with Crippen molar-refractivity contribution in [2.45, 2.75) is 12.8 Å². The van der Waals surface area contributed by atoms with Gasteiger partial charge in [0, 0.05) is 0 Å². The number of nitrogen functional groups attached to an aromatic ring is 1. The summed E-state index contributed by atoms with van der Waals surface area (Å²) in [7, 11) is 1.62. The number of methoxy groups -OCH3 is 1. The summed E-state index contributed by atoms with van der Waals surface area (Å²) in [6, 6.07) is 5.85. The number of hydrogen-bond donors (Lipinski definition) is 2. The normalized spacial score (nSPS) is 10.0. The number of ether oxygens (including phenoxy) is 1. The molecule has 0 heterocycles. The van der Waals surface area contributed by atoms with Crippen LogP contribution in [-0.2, 0) is 6.42 Å². The quantitative estimate of drug-likeness (QED) is 0.684. The summed E-state index contributed by atoms with van der Waals surface area (Å²) in [5.74, 6) is 0.733. The molecular formula is C10H16N2O. The Balaban J connectivity index is 2.71. The van der Waals surface area contributed by atoms with Gasteiger partial charge in [-0.2, -0.15) is 0 Å². The van der Waals surface area contributed by atoms with Gasteiger partial charge >= 0.3 is 0 Å². The minimum atomic E-state index is 0.692. The van der Waals surface area contributed by atoms with E-state index in [1.165, 1.54) is 5.56 Å². The molecule has 0 amide bonds. The average Bonchev–Trinajstić information content (AvgIpc) is 2.15. The summed E-state index contributed by atoms with van der Waals surface area (Å²) < 4.78 is 5.05. The highest BCUT2D eigenvalue weighted by Gasteiger charge is 1.99. The fourth-order valence-corrected chi connectivity index (χ4v) is 1.25. The monoisotopic (exact) mass is 180 g/mol. The second-order valence-electron chi connectivity index (χ2n) is 2.97. The largest absolute Gasteiger partial charge is 0.495 e. The highest BCUT2D eigenvalue weighted by molar-refractivity contribution is 5.54. The summed E-state index contributed by atoms with van der Waals surface area (Å²) >= 11 is 0. The molecule has 0 radical (unpaired) electrons. The number of nitrogens with two attached hydrogens (primary N) is 2. The molecule has 0 saturated carbocycles. The first-order valence-electron chi connectivity index (χ1n) is 4.40. The first kappa shape index (κ1) is 9.86. The van der Waals surface area contributed by atoms with Crippen molar-refractivity contribution in [3.63, 3.8) is 0 Å². The van der Waals surface area contributed by atoms with Crippen LogP contribution in [0.4, 0.5) is 5.69 Å². The maximum atomic E-state index is 5.75. The number of rotatable bonds is 4. The van der Waals surface area contributed by atoms with Crippen LogP contribution in [-0.4, -0.2) is 13.7 Å². The van der Waals surface area contributed by atoms with Crippen LogP contribution in [0.1, 0.15) is 12.0 Å². The summed E-state index contributed by atoms with van der Waals surface area (Å²) in [5, 5.41) is 0. The summed E-state index contributed by atoms with van der Waals surface area (Å²) in [4.78, 5) is 0. The number of aryl methyl sites for hydroxylation is 1. The zero-order valence-corrected chi connectivity index (χ0v) is 7.92. The van der Waals surface area contributed by atoms with E-state index in [1.807, 2.05) is 18.2 Å². The Labute approximate surface area is 78.7 Å². The molecule has 0 unspecified atom stereocenters. The Bertz CT molecular complexity index is 274. The van der Waals surface area contributed by atoms with Gasteiger partial charge in [0.25, 0.3) is 0 Å². The molecule has 72 valence electrons. The topological polar surface area (TPSA) is 61.3 Å². The first-order chi connectivity index (χ1) is 6.27. The van der Waals surface area contributed by atoms with Crippen molar-refractivity contribution in [2.75, 3.05) is 19.4 Å². The van der Waals surface area contributed by atoms with E-state index in [0.717, 1.165) is 18.6 Å². The number of hydrogen-bond acceptors (Lipinski definition) is 3. The molecule has 1 aromatic carbocycles. The van der Waals surface area contributed by atoms with Crippen molar-refractivity contribution in [2.24, 2.45) is 5.73 Å². The maximum Gasteiger partial charge on any atom is 0.141 e. The van der Waals surface area contributed by atoms with Crippen LogP contribution in [0.15, 0.2) is 18.2 Å². The second kappa shape index (κ2) is 4.72. The van der Waals surface area contributed by atoms with Crippen molar-refractivity contribution in [3.8, 4) is 5.75 Å². The fraction of sp³-hybridized carbons (Fsp3) is 0.400. The van der Waals surface area contributed by atoms with Gasteiger partial charge in [-0.05, 0) is 37.1 Å². The van der Waals surface area contributed by atoms with Crippen LogP contribution < -0.4 is 16.2 Å². The van der Waals surface area contributed by atoms with Crippen LogP contribution >= 0.6 is 0 Å². The van der Waals surface area contributed by atoms with Gasteiger partial charge in [0.1, 0.15) is 5.75 Å². The van der Waals surface area contributed by atoms with Crippen molar-refractivity contribution >= 4 is 5.69 Å². The Hall–Kier alpha value is -1.22. The molecule has 0 aromatic heterocycles. The fourth-order valence-electron chi connectivity index (χ4n) is 1.25. The third kappa shape index (κ3) is 2.63. The Morgan fingerprint density at radius 3 is 2.69 bits per heavy atom. The van der Waals surface area contributed by atoms with Gasteiger partial charge in [-0.15, -0.1) is 0 Å². The maximum absolute atomic E-state index is 5.75. The molecular weight excluding hydrogens is 164 g/mol. The van der Waals surface area contributed by atoms with E-state index in [2.05, 4.69) is 0 Å². The second-order valence-corrected chi connectivity index (χ2v) is 2.97. The van der Waals surface area contributed by atoms with E-state index >= 15 is 0 Å². The Morgan fingerprint density at radius 1 is 1.38 bits per heavy atom. The van der Waals surface area contributed by atoms with Crippen LogP contribution in [0.25, 0.3) is 0 Å². The molecule has 1 aromatic rings. The van der Waals surface area contributed by atoms with E-state index < -0.39 is 0 Å². The zero-order valence-electron chi connectivity index (χ0n) is 7.92. The van der Waals surface area contributed by atoms with Gasteiger partial charge in [0.15, 0.2) is 0 Å². The molecule has 0 saturated heterocycles. The predicted octanol–water partition coefficient (Wildman–Crippen LogP) is 1.17. The average molecular weight is 180 g/mol. The van der Waals surface area contributed by atoms with Crippen LogP contribution in [0, 0.1) is 0 Å². The van der Waals surface area contributed by atoms with E-state index in [0.29, 0.717) is 12.2 Å². The molecule has 0 bridgehead atoms. The van der Waals surface area contributed by atoms with Gasteiger partial charge in [-0.1, -0.05) is 6.07 Å². The van der Waals surface area contributed by atoms with Crippen LogP contribution in [0.5, 0.6) is 5.75 Å². The number of anilines is 1. The van der Waals surface area contributed by atoms with Crippen molar-refractivity contribution < 1.29 is 4.74 Å². The molecule has 13 heavy (non-hydrogen) atoms. The molecule has 0 atom stereocenters. The lowest BCUT2D eigenvalue weighted by Gasteiger charge is -2.06. The van der Waals surface area contributed by atoms with Crippen LogP contribution in [0.2, 0.25) is 0 Å². The molecule has 4 N–H and O–H groups in total. The highest BCUT2D eigenvalue weighted by atomic mass is 16.5. The SMILES string of the molecule is COc1ccc(CCCN)cc1N. The van der Waals surface area contributed by atoms with E-state index in [4.69, 9.17) is 16.2 Å². The molecule has 0 fully saturated rings. The molecule has 0 aliphatic rings. The molecule has 3 nitrogen and oxygen atoms in total. The summed E-state index contributed by atoms with van der Waals surface area (Å²) in [5.41, 5.74) is 13.1. The van der Waals surface area contributed by atoms with Gasteiger partial charge < -0.3 is 16.2 Å². The molecule has 0 aliphatic carbocycles. The van der Waals surface area contributed by atoms with Crippen LogP contribution in [0.3, 0.4) is 0 Å². The number of benzene rings is 1. The van der Waals surface area contributed by atoms with Gasteiger partial charge in [0.05, 0.1) is 12.8 Å². The molecule has 0 spiro atoms. The van der Waals surface area contributed by atoms with Crippen molar-refractivity contribution in [1.29, 1.82) is 0 Å². The third-order valence-corrected chi connectivity index (χ3v) is 1.96. The predicted molar refractivity (Wildman–Crippen MR) is 54.8 cm³/mol. The standard InChI is InChI=1S/C10H16N2O/c1-13-10-5-4-8(3-2-6-11)7-9(10)12/h4-5,7H,2-3,6,11-12H2,1H3. The summed E-state index contributed by atoms with van der Waals surface area (Å²) in [6.07, 6.45) is 1.97. The summed E-state index contributed by atoms with van der Waals surface area (Å²) in [6.45, 7) is 0.714. The minimum Gasteiger partial charge on any atom is -0.495 e. The first-order valence-corrected chi connectivity index (χ1v) is 4.40. The van der Waals surface area contributed by atoms with Gasteiger partial charge in [-0.3, -0.25) is 0 Å². The lowest BCUT2D eigenvalue weighted by atomic mass is 10.1. The molecule has 0 aliphatic heterocycles. The smallest absolute Gasteiger partial charge is 0.141 e. The van der Waals surface area contributed by atoms with Gasteiger partial charge in [-0.25, -0.2) is 0 Å². The molecule has 1 rings (SSSR count). The minimum absolute atomic E-state index is 0.692. The Kier molecular flexibility index (Phi) is 3.58. The third-order valence-electron chi connectivity index (χ3n) is 1.96. The van der Waals surface area contributed by atoms with E-state index in [9.17, 15) is 0 Å². The van der Waals surface area contributed by atoms with Crippen molar-refractivity contribution in [1.82, 2.24) is 0 Å². The van der Waals surface area contributed by atoms with E-state index in [-0.39, 0.29) is 0 Å². The van der Waals surface area contributed by atoms with Gasteiger partial charge in [0.2, 0.25) is 0 Å². The lowest BCUT2D eigenvalue weighted by Crippen LogP contribution is -2.01.